The second-order valence-corrected chi connectivity index (χ2v) is 11.6. The van der Waals surface area contributed by atoms with Gasteiger partial charge in [0.25, 0.3) is 0 Å². The average molecular weight is 427 g/mol. The van der Waals surface area contributed by atoms with Crippen LogP contribution in [0.25, 0.3) is 0 Å². The van der Waals surface area contributed by atoms with Crippen molar-refractivity contribution in [2.24, 2.45) is 0 Å². The Labute approximate surface area is 166 Å². The van der Waals surface area contributed by atoms with Crippen molar-refractivity contribution in [3.05, 3.63) is 23.0 Å². The smallest absolute Gasteiger partial charge is 0.206 e. The third kappa shape index (κ3) is 4.22. The molecule has 7 nitrogen and oxygen atoms in total. The number of thioether (sulfide) groups is 1. The average Bonchev–Trinajstić information content (AvgIpc) is 3.05. The maximum absolute atomic E-state index is 12.7. The lowest BCUT2D eigenvalue weighted by atomic mass is 10.2. The van der Waals surface area contributed by atoms with Gasteiger partial charge in [-0.3, -0.25) is 4.79 Å². The van der Waals surface area contributed by atoms with Crippen molar-refractivity contribution in [2.75, 3.05) is 22.6 Å². The van der Waals surface area contributed by atoms with Crippen LogP contribution in [0.3, 0.4) is 0 Å². The Hall–Kier alpha value is -1.39. The van der Waals surface area contributed by atoms with E-state index < -0.39 is 9.84 Å². The molecular weight excluding hydrogens is 404 g/mol. The van der Waals surface area contributed by atoms with Gasteiger partial charge in [0.1, 0.15) is 0 Å². The first-order valence-corrected chi connectivity index (χ1v) is 12.6. The van der Waals surface area contributed by atoms with Gasteiger partial charge in [-0.2, -0.15) is 0 Å². The number of sulfone groups is 1. The molecule has 1 saturated carbocycles. The van der Waals surface area contributed by atoms with E-state index in [1.54, 1.807) is 0 Å². The highest BCUT2D eigenvalue weighted by Crippen LogP contribution is 2.32. The summed E-state index contributed by atoms with van der Waals surface area (Å²) in [4.78, 5) is 12.7. The Morgan fingerprint density at radius 3 is 2.78 bits per heavy atom. The third-order valence-electron chi connectivity index (χ3n) is 5.00. The van der Waals surface area contributed by atoms with E-state index in [0.29, 0.717) is 23.8 Å². The van der Waals surface area contributed by atoms with Gasteiger partial charge in [0.05, 0.1) is 17.3 Å². The van der Waals surface area contributed by atoms with Gasteiger partial charge in [-0.1, -0.05) is 23.1 Å². The summed E-state index contributed by atoms with van der Waals surface area (Å²) in [6.45, 7) is 3.83. The van der Waals surface area contributed by atoms with E-state index in [1.807, 2.05) is 24.5 Å². The molecule has 3 heterocycles. The molecule has 4 rings (SSSR count). The number of ketones is 1. The van der Waals surface area contributed by atoms with Crippen molar-refractivity contribution < 1.29 is 13.2 Å². The van der Waals surface area contributed by atoms with Crippen LogP contribution in [-0.4, -0.2) is 52.3 Å². The van der Waals surface area contributed by atoms with Gasteiger partial charge in [0.15, 0.2) is 20.0 Å². The van der Waals surface area contributed by atoms with Crippen molar-refractivity contribution in [3.63, 3.8) is 0 Å². The standard InChI is InChI=1S/C17H22N4O3S3/c1-10-7-14(11(2)21(10)13-5-6-27(23,24)9-13)15(22)8-25-17-20-19-16(26-17)18-12-3-4-12/h7,12-13H,3-6,8-9H2,1-2H3,(H,18,19)/t13-/m1/s1. The second kappa shape index (κ2) is 7.21. The summed E-state index contributed by atoms with van der Waals surface area (Å²) in [6.07, 6.45) is 2.97. The Kier molecular flexibility index (Phi) is 5.06. The predicted molar refractivity (Wildman–Crippen MR) is 108 cm³/mol. The van der Waals surface area contributed by atoms with Crippen LogP contribution in [0.5, 0.6) is 0 Å². The molecule has 10 heteroatoms. The Morgan fingerprint density at radius 2 is 2.11 bits per heavy atom. The molecule has 146 valence electrons. The lowest BCUT2D eigenvalue weighted by Gasteiger charge is -2.16. The Bertz CT molecular complexity index is 976. The molecule has 0 spiro atoms. The summed E-state index contributed by atoms with van der Waals surface area (Å²) in [7, 11) is -2.97. The van der Waals surface area contributed by atoms with E-state index in [0.717, 1.165) is 20.9 Å². The molecule has 0 unspecified atom stereocenters. The molecule has 0 amide bonds. The number of nitrogens with one attached hydrogen (secondary N) is 1. The van der Waals surface area contributed by atoms with Crippen LogP contribution in [0.1, 0.15) is 47.1 Å². The largest absolute Gasteiger partial charge is 0.357 e. The summed E-state index contributed by atoms with van der Waals surface area (Å²) >= 11 is 2.87. The monoisotopic (exact) mass is 426 g/mol. The van der Waals surface area contributed by atoms with Gasteiger partial charge < -0.3 is 9.88 Å². The maximum Gasteiger partial charge on any atom is 0.206 e. The molecule has 0 bridgehead atoms. The van der Waals surface area contributed by atoms with Crippen LogP contribution < -0.4 is 5.32 Å². The van der Waals surface area contributed by atoms with E-state index in [9.17, 15) is 13.2 Å². The van der Waals surface area contributed by atoms with Crippen molar-refractivity contribution in [1.29, 1.82) is 0 Å². The Morgan fingerprint density at radius 1 is 1.33 bits per heavy atom. The second-order valence-electron chi connectivity index (χ2n) is 7.22. The zero-order valence-corrected chi connectivity index (χ0v) is 17.7. The first-order valence-electron chi connectivity index (χ1n) is 8.97. The SMILES string of the molecule is Cc1cc(C(=O)CSc2nnc(NC3CC3)s2)c(C)n1[C@@H]1CCS(=O)(=O)C1. The van der Waals surface area contributed by atoms with Gasteiger partial charge in [0, 0.05) is 29.0 Å². The lowest BCUT2D eigenvalue weighted by molar-refractivity contribution is 0.102. The highest BCUT2D eigenvalue weighted by Gasteiger charge is 2.31. The predicted octanol–water partition coefficient (Wildman–Crippen LogP) is 2.87. The minimum Gasteiger partial charge on any atom is -0.357 e. The van der Waals surface area contributed by atoms with Gasteiger partial charge in [-0.15, -0.1) is 10.2 Å². The highest BCUT2D eigenvalue weighted by molar-refractivity contribution is 8.01. The molecule has 1 aliphatic heterocycles. The van der Waals surface area contributed by atoms with Crippen LogP contribution in [-0.2, 0) is 9.84 Å². The van der Waals surface area contributed by atoms with Gasteiger partial charge >= 0.3 is 0 Å². The van der Waals surface area contributed by atoms with Gasteiger partial charge in [0.2, 0.25) is 5.13 Å². The molecular formula is C17H22N4O3S3. The first-order chi connectivity index (χ1) is 12.8. The van der Waals surface area contributed by atoms with Gasteiger partial charge in [-0.05, 0) is 39.2 Å². The minimum atomic E-state index is -2.97. The van der Waals surface area contributed by atoms with E-state index in [-0.39, 0.29) is 23.3 Å². The molecule has 2 aromatic rings. The summed E-state index contributed by atoms with van der Waals surface area (Å²) < 4.78 is 26.4. The van der Waals surface area contributed by atoms with Crippen molar-refractivity contribution in [3.8, 4) is 0 Å². The molecule has 1 N–H and O–H groups in total. The molecule has 0 radical (unpaired) electrons. The zero-order chi connectivity index (χ0) is 19.2. The number of carbonyl (C=O) groups is 1. The number of rotatable bonds is 7. The summed E-state index contributed by atoms with van der Waals surface area (Å²) in [6, 6.07) is 2.34. The summed E-state index contributed by atoms with van der Waals surface area (Å²) in [5.74, 6) is 0.716. The van der Waals surface area contributed by atoms with Crippen LogP contribution in [0.4, 0.5) is 5.13 Å². The number of carbonyl (C=O) groups excluding carboxylic acids is 1. The van der Waals surface area contributed by atoms with E-state index in [1.165, 1.54) is 35.9 Å². The number of aryl methyl sites for hydroxylation is 1. The zero-order valence-electron chi connectivity index (χ0n) is 15.3. The van der Waals surface area contributed by atoms with Crippen molar-refractivity contribution in [1.82, 2.24) is 14.8 Å². The fourth-order valence-electron chi connectivity index (χ4n) is 3.53. The van der Waals surface area contributed by atoms with Crippen LogP contribution in [0, 0.1) is 13.8 Å². The van der Waals surface area contributed by atoms with Crippen LogP contribution >= 0.6 is 23.1 Å². The van der Waals surface area contributed by atoms with Crippen molar-refractivity contribution >= 4 is 43.9 Å². The summed E-state index contributed by atoms with van der Waals surface area (Å²) in [5.41, 5.74) is 2.47. The Balaban J connectivity index is 1.42. The number of hydrogen-bond donors (Lipinski definition) is 1. The quantitative estimate of drug-likeness (QED) is 0.537. The topological polar surface area (TPSA) is 93.9 Å². The third-order valence-corrected chi connectivity index (χ3v) is 8.73. The molecule has 2 fully saturated rings. The van der Waals surface area contributed by atoms with E-state index in [4.69, 9.17) is 0 Å². The maximum atomic E-state index is 12.7. The molecule has 2 aliphatic rings. The van der Waals surface area contributed by atoms with Gasteiger partial charge in [-0.25, -0.2) is 8.42 Å². The lowest BCUT2D eigenvalue weighted by Crippen LogP contribution is -2.14. The van der Waals surface area contributed by atoms with E-state index >= 15 is 0 Å². The number of hydrogen-bond acceptors (Lipinski definition) is 8. The highest BCUT2D eigenvalue weighted by atomic mass is 32.2. The number of aromatic nitrogens is 3. The molecule has 1 saturated heterocycles. The fourth-order valence-corrected chi connectivity index (χ4v) is 6.95. The molecule has 1 aliphatic carbocycles. The molecule has 1 atom stereocenters. The van der Waals surface area contributed by atoms with Crippen molar-refractivity contribution in [2.45, 2.75) is 49.5 Å². The summed E-state index contributed by atoms with van der Waals surface area (Å²) in [5, 5.41) is 12.4. The first kappa shape index (κ1) is 18.9. The molecule has 27 heavy (non-hydrogen) atoms. The number of nitrogens with zero attached hydrogens (tertiary/aromatic N) is 3. The number of Topliss-reactive ketones (excluding diaryl/α,β-unsaturated/α-hetero) is 1. The number of anilines is 1. The fraction of sp³-hybridized carbons (Fsp3) is 0.588. The molecule has 2 aromatic heterocycles. The van der Waals surface area contributed by atoms with E-state index in [2.05, 4.69) is 15.5 Å². The minimum absolute atomic E-state index is 0.0344. The normalized spacial score (nSPS) is 21.5. The van der Waals surface area contributed by atoms with Crippen LogP contribution in [0.15, 0.2) is 10.4 Å². The van der Waals surface area contributed by atoms with Crippen LogP contribution in [0.2, 0.25) is 0 Å². The molecule has 0 aromatic carbocycles.